The van der Waals surface area contributed by atoms with Crippen molar-refractivity contribution < 1.29 is 19.1 Å². The largest absolute Gasteiger partial charge is 0.507 e. The zero-order valence-corrected chi connectivity index (χ0v) is 27.3. The van der Waals surface area contributed by atoms with Crippen LogP contribution in [0.4, 0.5) is 0 Å². The van der Waals surface area contributed by atoms with E-state index >= 15 is 0 Å². The summed E-state index contributed by atoms with van der Waals surface area (Å²) < 4.78 is 6.05. The van der Waals surface area contributed by atoms with E-state index in [-0.39, 0.29) is 46.8 Å². The van der Waals surface area contributed by atoms with Crippen LogP contribution in [-0.4, -0.2) is 35.0 Å². The molecule has 6 N–H and O–H groups in total. The number of hydrogen-bond donors (Lipinski definition) is 5. The molecule has 3 aromatic carbocycles. The first-order valence-corrected chi connectivity index (χ1v) is 16.2. The van der Waals surface area contributed by atoms with Gasteiger partial charge >= 0.3 is 0 Å². The molecule has 10 heteroatoms. The summed E-state index contributed by atoms with van der Waals surface area (Å²) >= 11 is 6.46. The topological polar surface area (TPSA) is 153 Å². The van der Waals surface area contributed by atoms with E-state index in [0.717, 1.165) is 36.8 Å². The second-order valence-electron chi connectivity index (χ2n) is 12.3. The third-order valence-electron chi connectivity index (χ3n) is 8.68. The Kier molecular flexibility index (Phi) is 11.0. The number of nitrogens with two attached hydrogens (primary N) is 1. The molecule has 0 aliphatic heterocycles. The van der Waals surface area contributed by atoms with Gasteiger partial charge in [-0.3, -0.25) is 9.59 Å². The lowest BCUT2D eigenvalue weighted by Crippen LogP contribution is -2.51. The molecule has 9 nitrogen and oxygen atoms in total. The fourth-order valence-corrected chi connectivity index (χ4v) is 5.98. The number of hydrogen-bond acceptors (Lipinski definition) is 7. The van der Waals surface area contributed by atoms with Crippen LogP contribution in [0.1, 0.15) is 77.0 Å². The zero-order chi connectivity index (χ0) is 33.5. The zero-order valence-electron chi connectivity index (χ0n) is 26.6. The normalized spacial score (nSPS) is 17.3. The summed E-state index contributed by atoms with van der Waals surface area (Å²) in [6.07, 6.45) is 3.37. The van der Waals surface area contributed by atoms with Crippen molar-refractivity contribution in [3.8, 4) is 23.1 Å². The van der Waals surface area contributed by atoms with Crippen molar-refractivity contribution in [2.75, 3.05) is 0 Å². The van der Waals surface area contributed by atoms with Gasteiger partial charge in [-0.15, -0.1) is 0 Å². The Hall–Kier alpha value is -4.62. The van der Waals surface area contributed by atoms with Crippen molar-refractivity contribution in [1.82, 2.24) is 16.0 Å². The highest BCUT2D eigenvalue weighted by molar-refractivity contribution is 6.34. The van der Waals surface area contributed by atoms with Crippen LogP contribution in [0.5, 0.6) is 5.75 Å². The monoisotopic (exact) mass is 653 g/mol. The Morgan fingerprint density at radius 1 is 1.04 bits per heavy atom. The van der Waals surface area contributed by atoms with E-state index in [2.05, 4.69) is 60.1 Å². The smallest absolute Gasteiger partial charge is 0.253 e. The molecule has 0 saturated heterocycles. The number of amides is 2. The molecule has 5 rings (SSSR count). The predicted octanol–water partition coefficient (Wildman–Crippen LogP) is 6.06. The van der Waals surface area contributed by atoms with Crippen LogP contribution in [-0.2, 0) is 17.8 Å². The van der Waals surface area contributed by atoms with Crippen LogP contribution < -0.4 is 21.7 Å². The SMILES string of the molecule is Cc1ccc([C@@H](C)NCc2ccc(-c3cc(C(=O)N[C@H](Cc4ccc(C#N)cc4)C(=O)N[C@H]4CC[C@H](N)CC4)c(Cl)cc3O)o2)cc1. The molecule has 0 spiro atoms. The van der Waals surface area contributed by atoms with Crippen LogP contribution in [0, 0.1) is 18.3 Å². The van der Waals surface area contributed by atoms with Crippen LogP contribution in [0.2, 0.25) is 5.02 Å². The number of nitrogens with zero attached hydrogens (tertiary/aromatic N) is 1. The number of rotatable bonds is 11. The van der Waals surface area contributed by atoms with E-state index in [4.69, 9.17) is 21.8 Å². The number of benzene rings is 3. The van der Waals surface area contributed by atoms with Crippen LogP contribution in [0.25, 0.3) is 11.3 Å². The number of carbonyl (C=O) groups excluding carboxylic acids is 2. The molecule has 1 aromatic heterocycles. The van der Waals surface area contributed by atoms with E-state index in [0.29, 0.717) is 29.2 Å². The van der Waals surface area contributed by atoms with Gasteiger partial charge in [0.1, 0.15) is 23.3 Å². The van der Waals surface area contributed by atoms with E-state index in [1.54, 1.807) is 30.3 Å². The van der Waals surface area contributed by atoms with Gasteiger partial charge in [0.15, 0.2) is 0 Å². The highest BCUT2D eigenvalue weighted by Gasteiger charge is 2.28. The minimum absolute atomic E-state index is 0.0305. The fourth-order valence-electron chi connectivity index (χ4n) is 5.74. The Morgan fingerprint density at radius 3 is 2.43 bits per heavy atom. The average molecular weight is 654 g/mol. The first kappa shape index (κ1) is 33.7. The van der Waals surface area contributed by atoms with E-state index < -0.39 is 11.9 Å². The lowest BCUT2D eigenvalue weighted by Gasteiger charge is -2.29. The van der Waals surface area contributed by atoms with Gasteiger partial charge < -0.3 is 31.2 Å². The number of nitrogens with one attached hydrogen (secondary N) is 3. The van der Waals surface area contributed by atoms with Crippen LogP contribution >= 0.6 is 11.6 Å². The molecule has 2 amide bonds. The molecule has 1 fully saturated rings. The number of nitriles is 1. The van der Waals surface area contributed by atoms with Crippen molar-refractivity contribution >= 4 is 23.4 Å². The summed E-state index contributed by atoms with van der Waals surface area (Å²) in [5.41, 5.74) is 10.1. The molecular weight excluding hydrogens is 614 g/mol. The first-order chi connectivity index (χ1) is 22.6. The quantitative estimate of drug-likeness (QED) is 0.132. The Labute approximate surface area is 280 Å². The molecule has 244 valence electrons. The molecule has 1 saturated carbocycles. The first-order valence-electron chi connectivity index (χ1n) is 15.9. The highest BCUT2D eigenvalue weighted by Crippen LogP contribution is 2.35. The Balaban J connectivity index is 1.31. The number of aromatic hydroxyl groups is 1. The van der Waals surface area contributed by atoms with Gasteiger partial charge in [0, 0.05) is 30.6 Å². The lowest BCUT2D eigenvalue weighted by molar-refractivity contribution is -0.123. The molecule has 1 aliphatic rings. The van der Waals surface area contributed by atoms with Gasteiger partial charge in [0.2, 0.25) is 5.91 Å². The van der Waals surface area contributed by atoms with Crippen molar-refractivity contribution in [3.05, 3.63) is 111 Å². The summed E-state index contributed by atoms with van der Waals surface area (Å²) in [6.45, 7) is 4.58. The molecule has 2 atom stereocenters. The molecular formula is C37H40ClN5O4. The van der Waals surface area contributed by atoms with Gasteiger partial charge in [0.05, 0.1) is 34.3 Å². The van der Waals surface area contributed by atoms with E-state index in [1.165, 1.54) is 17.7 Å². The molecule has 4 aromatic rings. The average Bonchev–Trinajstić information content (AvgIpc) is 3.53. The van der Waals surface area contributed by atoms with Gasteiger partial charge in [-0.2, -0.15) is 5.26 Å². The second-order valence-corrected chi connectivity index (χ2v) is 12.7. The lowest BCUT2D eigenvalue weighted by atomic mass is 9.91. The Bertz CT molecular complexity index is 1740. The number of aryl methyl sites for hydroxylation is 1. The highest BCUT2D eigenvalue weighted by atomic mass is 35.5. The van der Waals surface area contributed by atoms with E-state index in [1.807, 2.05) is 6.07 Å². The van der Waals surface area contributed by atoms with E-state index in [9.17, 15) is 20.0 Å². The second kappa shape index (κ2) is 15.3. The van der Waals surface area contributed by atoms with Crippen molar-refractivity contribution in [2.24, 2.45) is 5.73 Å². The van der Waals surface area contributed by atoms with Crippen LogP contribution in [0.15, 0.2) is 77.2 Å². The minimum atomic E-state index is -0.920. The molecule has 1 aliphatic carbocycles. The maximum atomic E-state index is 13.7. The van der Waals surface area contributed by atoms with Gasteiger partial charge in [-0.1, -0.05) is 53.6 Å². The van der Waals surface area contributed by atoms with Crippen molar-refractivity contribution in [2.45, 2.75) is 76.7 Å². The number of carbonyl (C=O) groups is 2. The van der Waals surface area contributed by atoms with Crippen LogP contribution in [0.3, 0.4) is 0 Å². The number of halogens is 1. The Morgan fingerprint density at radius 2 is 1.74 bits per heavy atom. The standard InChI is InChI=1S/C37H40ClN5O4/c1-22-3-9-26(10-4-22)23(2)41-21-29-15-16-35(47-29)31-18-30(32(38)19-34(31)44)36(45)43-33(17-24-5-7-25(20-39)8-6-24)37(46)42-28-13-11-27(40)12-14-28/h3-10,15-16,18-19,23,27-28,33,41,44H,11-14,17,21,40H2,1-2H3,(H,42,46)(H,43,45)/t23-,27-,28-,33-/m1/s1. The maximum Gasteiger partial charge on any atom is 0.253 e. The molecule has 0 unspecified atom stereocenters. The molecule has 0 bridgehead atoms. The summed E-state index contributed by atoms with van der Waals surface area (Å²) in [7, 11) is 0. The maximum absolute atomic E-state index is 13.7. The van der Waals surface area contributed by atoms with Crippen molar-refractivity contribution in [3.63, 3.8) is 0 Å². The van der Waals surface area contributed by atoms with Gasteiger partial charge in [-0.05, 0) is 81.0 Å². The number of phenolic OH excluding ortho intramolecular Hbond substituents is 1. The van der Waals surface area contributed by atoms with Gasteiger partial charge in [-0.25, -0.2) is 0 Å². The van der Waals surface area contributed by atoms with Crippen molar-refractivity contribution in [1.29, 1.82) is 5.26 Å². The minimum Gasteiger partial charge on any atom is -0.507 e. The predicted molar refractivity (Wildman–Crippen MR) is 182 cm³/mol. The summed E-state index contributed by atoms with van der Waals surface area (Å²) in [5.74, 6) is -0.00855. The third kappa shape index (κ3) is 8.80. The number of phenols is 1. The summed E-state index contributed by atoms with van der Waals surface area (Å²) in [6, 6.07) is 22.9. The fraction of sp³-hybridized carbons (Fsp3) is 0.324. The molecule has 47 heavy (non-hydrogen) atoms. The van der Waals surface area contributed by atoms with Gasteiger partial charge in [0.25, 0.3) is 5.91 Å². The summed E-state index contributed by atoms with van der Waals surface area (Å²) in [5, 5.41) is 29.4. The molecule has 0 radical (unpaired) electrons. The molecule has 1 heterocycles. The number of furan rings is 1. The third-order valence-corrected chi connectivity index (χ3v) is 8.99. The summed E-state index contributed by atoms with van der Waals surface area (Å²) in [4.78, 5) is 27.2.